The van der Waals surface area contributed by atoms with E-state index in [1.165, 1.54) is 0 Å². The first-order valence-electron chi connectivity index (χ1n) is 9.95. The number of aryl methyl sites for hydroxylation is 1. The zero-order valence-electron chi connectivity index (χ0n) is 17.0. The normalized spacial score (nSPS) is 11.7. The van der Waals surface area contributed by atoms with E-state index in [2.05, 4.69) is 15.3 Å². The molecule has 0 bridgehead atoms. The Morgan fingerprint density at radius 2 is 1.63 bits per heavy atom. The molecule has 0 aliphatic rings. The van der Waals surface area contributed by atoms with Gasteiger partial charge in [0.2, 0.25) is 5.91 Å². The molecule has 2 heterocycles. The number of hydrogen-bond acceptors (Lipinski definition) is 3. The van der Waals surface area contributed by atoms with E-state index in [0.29, 0.717) is 0 Å². The van der Waals surface area contributed by atoms with Crippen molar-refractivity contribution in [2.75, 3.05) is 5.32 Å². The van der Waals surface area contributed by atoms with Crippen LogP contribution in [0.15, 0.2) is 91.3 Å². The van der Waals surface area contributed by atoms with Gasteiger partial charge >= 0.3 is 0 Å². The predicted molar refractivity (Wildman–Crippen MR) is 121 cm³/mol. The maximum atomic E-state index is 12.8. The third kappa shape index (κ3) is 4.44. The van der Waals surface area contributed by atoms with Crippen LogP contribution in [-0.2, 0) is 4.79 Å². The number of nitrogens with zero attached hydrogens (tertiary/aromatic N) is 2. The third-order valence-corrected chi connectivity index (χ3v) is 5.12. The standard InChI is InChI=1S/C26H23N3O/c1-18-16-22(13-15-27-18)20-9-11-24(12-10-20)29-26(30)19(2)21-6-5-7-23(17-21)25-8-3-4-14-28-25/h3-17,19H,1-2H3,(H,29,30). The van der Waals surface area contributed by atoms with Crippen molar-refractivity contribution < 1.29 is 4.79 Å². The molecule has 0 radical (unpaired) electrons. The lowest BCUT2D eigenvalue weighted by atomic mass is 9.97. The lowest BCUT2D eigenvalue weighted by Gasteiger charge is -2.14. The molecule has 4 heteroatoms. The van der Waals surface area contributed by atoms with E-state index in [-0.39, 0.29) is 11.8 Å². The van der Waals surface area contributed by atoms with Crippen molar-refractivity contribution in [2.24, 2.45) is 0 Å². The minimum absolute atomic E-state index is 0.0410. The summed E-state index contributed by atoms with van der Waals surface area (Å²) in [5.74, 6) is -0.322. The van der Waals surface area contributed by atoms with Crippen LogP contribution < -0.4 is 5.32 Å². The van der Waals surface area contributed by atoms with Gasteiger partial charge in [0, 0.05) is 29.3 Å². The number of benzene rings is 2. The summed E-state index contributed by atoms with van der Waals surface area (Å²) in [6, 6.07) is 25.7. The quantitative estimate of drug-likeness (QED) is 0.462. The molecule has 0 fully saturated rings. The lowest BCUT2D eigenvalue weighted by Crippen LogP contribution is -2.18. The summed E-state index contributed by atoms with van der Waals surface area (Å²) in [6.45, 7) is 3.89. The average molecular weight is 393 g/mol. The van der Waals surface area contributed by atoms with Gasteiger partial charge in [-0.2, -0.15) is 0 Å². The molecule has 2 aromatic carbocycles. The largest absolute Gasteiger partial charge is 0.326 e. The van der Waals surface area contributed by atoms with E-state index < -0.39 is 0 Å². The summed E-state index contributed by atoms with van der Waals surface area (Å²) >= 11 is 0. The van der Waals surface area contributed by atoms with Gasteiger partial charge in [0.25, 0.3) is 0 Å². The van der Waals surface area contributed by atoms with Crippen LogP contribution in [0.4, 0.5) is 5.69 Å². The van der Waals surface area contributed by atoms with E-state index in [4.69, 9.17) is 0 Å². The molecule has 1 unspecified atom stereocenters. The molecule has 1 amide bonds. The first kappa shape index (κ1) is 19.5. The minimum Gasteiger partial charge on any atom is -0.326 e. The van der Waals surface area contributed by atoms with Crippen LogP contribution in [0.3, 0.4) is 0 Å². The zero-order chi connectivity index (χ0) is 20.9. The van der Waals surface area contributed by atoms with Crippen molar-refractivity contribution in [1.82, 2.24) is 9.97 Å². The fraction of sp³-hybridized carbons (Fsp3) is 0.115. The topological polar surface area (TPSA) is 54.9 Å². The smallest absolute Gasteiger partial charge is 0.231 e. The first-order valence-corrected chi connectivity index (χ1v) is 9.95. The number of rotatable bonds is 5. The maximum Gasteiger partial charge on any atom is 0.231 e. The van der Waals surface area contributed by atoms with Crippen LogP contribution in [0.2, 0.25) is 0 Å². The van der Waals surface area contributed by atoms with Crippen molar-refractivity contribution in [3.63, 3.8) is 0 Å². The van der Waals surface area contributed by atoms with Gasteiger partial charge < -0.3 is 5.32 Å². The maximum absolute atomic E-state index is 12.8. The molecular formula is C26H23N3O. The Balaban J connectivity index is 1.47. The molecule has 148 valence electrons. The molecule has 2 aromatic heterocycles. The van der Waals surface area contributed by atoms with Gasteiger partial charge in [0.1, 0.15) is 0 Å². The highest BCUT2D eigenvalue weighted by atomic mass is 16.1. The summed E-state index contributed by atoms with van der Waals surface area (Å²) < 4.78 is 0. The molecule has 30 heavy (non-hydrogen) atoms. The van der Waals surface area contributed by atoms with Gasteiger partial charge in [0.05, 0.1) is 11.6 Å². The fourth-order valence-corrected chi connectivity index (χ4v) is 3.37. The van der Waals surface area contributed by atoms with Crippen LogP contribution in [0.5, 0.6) is 0 Å². The van der Waals surface area contributed by atoms with Gasteiger partial charge in [-0.15, -0.1) is 0 Å². The van der Waals surface area contributed by atoms with E-state index in [1.54, 1.807) is 12.4 Å². The monoisotopic (exact) mass is 393 g/mol. The van der Waals surface area contributed by atoms with E-state index in [9.17, 15) is 4.79 Å². The molecule has 0 aliphatic carbocycles. The summed E-state index contributed by atoms with van der Waals surface area (Å²) in [5, 5.41) is 3.02. The molecule has 1 atom stereocenters. The SMILES string of the molecule is Cc1cc(-c2ccc(NC(=O)C(C)c3cccc(-c4ccccn4)c3)cc2)ccn1. The number of hydrogen-bond donors (Lipinski definition) is 1. The predicted octanol–water partition coefficient (Wildman–Crippen LogP) is 5.86. The van der Waals surface area contributed by atoms with E-state index >= 15 is 0 Å². The summed E-state index contributed by atoms with van der Waals surface area (Å²) in [4.78, 5) is 21.5. The fourth-order valence-electron chi connectivity index (χ4n) is 3.37. The van der Waals surface area contributed by atoms with Crippen LogP contribution in [0.25, 0.3) is 22.4 Å². The van der Waals surface area contributed by atoms with Crippen LogP contribution in [0, 0.1) is 6.92 Å². The number of anilines is 1. The molecule has 0 saturated carbocycles. The summed E-state index contributed by atoms with van der Waals surface area (Å²) in [7, 11) is 0. The number of nitrogens with one attached hydrogen (secondary N) is 1. The number of aromatic nitrogens is 2. The van der Waals surface area contributed by atoms with Gasteiger partial charge in [-0.1, -0.05) is 36.4 Å². The second-order valence-corrected chi connectivity index (χ2v) is 7.31. The van der Waals surface area contributed by atoms with Crippen molar-refractivity contribution in [3.8, 4) is 22.4 Å². The Morgan fingerprint density at radius 1 is 0.800 bits per heavy atom. The van der Waals surface area contributed by atoms with Crippen molar-refractivity contribution in [3.05, 3.63) is 103 Å². The Morgan fingerprint density at radius 3 is 2.37 bits per heavy atom. The van der Waals surface area contributed by atoms with Gasteiger partial charge in [-0.3, -0.25) is 14.8 Å². The highest BCUT2D eigenvalue weighted by Gasteiger charge is 2.16. The Hall–Kier alpha value is -3.79. The van der Waals surface area contributed by atoms with Gasteiger partial charge in [-0.05, 0) is 73.0 Å². The van der Waals surface area contributed by atoms with Gasteiger partial charge in [0.15, 0.2) is 0 Å². The molecule has 0 aliphatic heterocycles. The molecule has 4 rings (SSSR count). The first-order chi connectivity index (χ1) is 14.6. The zero-order valence-corrected chi connectivity index (χ0v) is 17.0. The van der Waals surface area contributed by atoms with Crippen LogP contribution in [0.1, 0.15) is 24.1 Å². The average Bonchev–Trinajstić information content (AvgIpc) is 2.80. The Bertz CT molecular complexity index is 1150. The summed E-state index contributed by atoms with van der Waals surface area (Å²) in [6.07, 6.45) is 3.58. The highest BCUT2D eigenvalue weighted by Crippen LogP contribution is 2.25. The highest BCUT2D eigenvalue weighted by molar-refractivity contribution is 5.96. The summed E-state index contributed by atoms with van der Waals surface area (Å²) in [5.41, 5.74) is 6.82. The van der Waals surface area contributed by atoms with Crippen molar-refractivity contribution in [2.45, 2.75) is 19.8 Å². The van der Waals surface area contributed by atoms with Crippen molar-refractivity contribution >= 4 is 11.6 Å². The Labute approximate surface area is 176 Å². The molecular weight excluding hydrogens is 370 g/mol. The Kier molecular flexibility index (Phi) is 5.66. The minimum atomic E-state index is -0.281. The molecule has 1 N–H and O–H groups in total. The van der Waals surface area contributed by atoms with E-state index in [1.807, 2.05) is 92.7 Å². The molecule has 4 aromatic rings. The molecule has 0 spiro atoms. The number of pyridine rings is 2. The number of carbonyl (C=O) groups is 1. The second kappa shape index (κ2) is 8.70. The molecule has 4 nitrogen and oxygen atoms in total. The number of amides is 1. The van der Waals surface area contributed by atoms with Crippen molar-refractivity contribution in [1.29, 1.82) is 0 Å². The van der Waals surface area contributed by atoms with E-state index in [0.717, 1.165) is 39.3 Å². The van der Waals surface area contributed by atoms with Gasteiger partial charge in [-0.25, -0.2) is 0 Å². The van der Waals surface area contributed by atoms with Crippen LogP contribution in [-0.4, -0.2) is 15.9 Å². The third-order valence-electron chi connectivity index (χ3n) is 5.12. The van der Waals surface area contributed by atoms with Crippen LogP contribution >= 0.6 is 0 Å². The second-order valence-electron chi connectivity index (χ2n) is 7.31. The lowest BCUT2D eigenvalue weighted by molar-refractivity contribution is -0.117. The molecule has 0 saturated heterocycles. The number of carbonyl (C=O) groups excluding carboxylic acids is 1.